The number of methoxy groups -OCH3 is 1. The third-order valence-corrected chi connectivity index (χ3v) is 15.0. The van der Waals surface area contributed by atoms with Gasteiger partial charge in [-0.15, -0.1) is 0 Å². The molecule has 5 saturated carbocycles. The van der Waals surface area contributed by atoms with Crippen LogP contribution in [0, 0.1) is 52.8 Å². The lowest BCUT2D eigenvalue weighted by atomic mass is 9.45. The third kappa shape index (κ3) is 8.20. The number of aliphatic hydroxyl groups is 2. The second-order valence-electron chi connectivity index (χ2n) is 18.3. The molecule has 5 aliphatic carbocycles. The highest BCUT2D eigenvalue weighted by Crippen LogP contribution is 2.61. The number of nitrogens with one attached hydrogen (secondary N) is 2. The van der Waals surface area contributed by atoms with Crippen molar-refractivity contribution in [2.45, 2.75) is 141 Å². The molecular formula is C40H70N4O7. The number of hydrogen-bond donors (Lipinski definition) is 4. The maximum Gasteiger partial charge on any atom is 0.240 e. The number of nitrogens with zero attached hydrogens (tertiary/aromatic N) is 2. The zero-order chi connectivity index (χ0) is 36.6. The van der Waals surface area contributed by atoms with Crippen molar-refractivity contribution >= 4 is 11.8 Å². The Bertz CT molecular complexity index is 1180. The highest BCUT2D eigenvalue weighted by atomic mass is 16.7. The standard InChI is InChI=1S/C40H70N4O7/c1-23-32-19-28(40(32,3)4)20-33(23)42-39(48)36-35(24(2)46)34(22-45)51-44(36)21-25-10-8-12-31(37(25)49-7)26-16-27(18-29(17-26)43(5)6)38(47)41-14-13-30-11-9-15-50-30/h23-37,45-46H,8-22H2,1-7H3,(H,41,47)(H,42,48)/t23-,24-,25?,26?,27?,28+,29?,30?,31?,32-,33-,34-,35+,36-,37?/m0/s1. The van der Waals surface area contributed by atoms with Gasteiger partial charge in [-0.25, -0.2) is 0 Å². The van der Waals surface area contributed by atoms with Gasteiger partial charge in [0, 0.05) is 56.6 Å². The fourth-order valence-corrected chi connectivity index (χ4v) is 11.8. The largest absolute Gasteiger partial charge is 0.394 e. The number of fused-ring (bicyclic) bond motifs is 2. The summed E-state index contributed by atoms with van der Waals surface area (Å²) in [4.78, 5) is 36.5. The van der Waals surface area contributed by atoms with E-state index in [1.807, 2.05) is 0 Å². The van der Waals surface area contributed by atoms with Crippen molar-refractivity contribution in [2.24, 2.45) is 52.8 Å². The molecule has 4 N–H and O–H groups in total. The van der Waals surface area contributed by atoms with E-state index in [9.17, 15) is 19.8 Å². The first-order valence-corrected chi connectivity index (χ1v) is 20.4. The molecule has 0 radical (unpaired) electrons. The van der Waals surface area contributed by atoms with E-state index in [1.54, 1.807) is 19.1 Å². The van der Waals surface area contributed by atoms with Crippen LogP contribution in [0.2, 0.25) is 0 Å². The van der Waals surface area contributed by atoms with Gasteiger partial charge >= 0.3 is 0 Å². The summed E-state index contributed by atoms with van der Waals surface area (Å²) in [5.74, 6) is 1.80. The van der Waals surface area contributed by atoms with Crippen LogP contribution in [0.3, 0.4) is 0 Å². The smallest absolute Gasteiger partial charge is 0.240 e. The monoisotopic (exact) mass is 719 g/mol. The zero-order valence-electron chi connectivity index (χ0n) is 32.6. The Morgan fingerprint density at radius 2 is 1.84 bits per heavy atom. The summed E-state index contributed by atoms with van der Waals surface area (Å²) >= 11 is 0. The summed E-state index contributed by atoms with van der Waals surface area (Å²) in [6, 6.07) is -0.280. The van der Waals surface area contributed by atoms with E-state index in [1.165, 1.54) is 6.42 Å². The number of ether oxygens (including phenoxy) is 2. The maximum absolute atomic E-state index is 14.3. The van der Waals surface area contributed by atoms with Gasteiger partial charge in [-0.1, -0.05) is 27.2 Å². The van der Waals surface area contributed by atoms with Crippen LogP contribution in [-0.2, 0) is 23.9 Å². The maximum atomic E-state index is 14.3. The first-order chi connectivity index (χ1) is 24.3. The molecule has 7 fully saturated rings. The van der Waals surface area contributed by atoms with E-state index < -0.39 is 24.2 Å². The lowest BCUT2D eigenvalue weighted by molar-refractivity contribution is -0.193. The summed E-state index contributed by atoms with van der Waals surface area (Å²) in [5, 5.41) is 29.8. The number of rotatable bonds is 13. The van der Waals surface area contributed by atoms with Crippen molar-refractivity contribution in [1.82, 2.24) is 20.6 Å². The fourth-order valence-electron chi connectivity index (χ4n) is 11.8. The highest BCUT2D eigenvalue weighted by molar-refractivity contribution is 5.83. The van der Waals surface area contributed by atoms with E-state index in [0.29, 0.717) is 48.2 Å². The second-order valence-corrected chi connectivity index (χ2v) is 18.3. The Hall–Kier alpha value is -1.34. The van der Waals surface area contributed by atoms with Gasteiger partial charge in [0.25, 0.3) is 0 Å². The van der Waals surface area contributed by atoms with Gasteiger partial charge in [0.05, 0.1) is 24.9 Å². The van der Waals surface area contributed by atoms with Crippen LogP contribution in [-0.4, -0.2) is 122 Å². The van der Waals surface area contributed by atoms with Crippen molar-refractivity contribution < 1.29 is 34.1 Å². The molecule has 2 bridgehead atoms. The molecule has 2 saturated heterocycles. The number of hydroxylamine groups is 2. The van der Waals surface area contributed by atoms with E-state index in [4.69, 9.17) is 14.3 Å². The molecule has 7 aliphatic rings. The van der Waals surface area contributed by atoms with Crippen molar-refractivity contribution in [1.29, 1.82) is 0 Å². The first kappa shape index (κ1) is 39.4. The van der Waals surface area contributed by atoms with Crippen LogP contribution in [0.4, 0.5) is 0 Å². The van der Waals surface area contributed by atoms with Crippen LogP contribution >= 0.6 is 0 Å². The third-order valence-electron chi connectivity index (χ3n) is 15.0. The molecule has 15 atom stereocenters. The first-order valence-electron chi connectivity index (χ1n) is 20.4. The summed E-state index contributed by atoms with van der Waals surface area (Å²) in [6.45, 7) is 10.4. The Balaban J connectivity index is 1.14. The Labute approximate surface area is 307 Å². The molecule has 11 nitrogen and oxygen atoms in total. The molecule has 7 rings (SSSR count). The number of carbonyl (C=O) groups is 2. The van der Waals surface area contributed by atoms with E-state index in [0.717, 1.165) is 70.8 Å². The van der Waals surface area contributed by atoms with Gasteiger partial charge in [0.15, 0.2) is 0 Å². The minimum atomic E-state index is -0.824. The minimum Gasteiger partial charge on any atom is -0.394 e. The summed E-state index contributed by atoms with van der Waals surface area (Å²) < 4.78 is 12.2. The van der Waals surface area contributed by atoms with Crippen LogP contribution in [0.1, 0.15) is 98.3 Å². The minimum absolute atomic E-state index is 0.0376. The molecule has 2 amide bonds. The fraction of sp³-hybridized carbons (Fsp3) is 0.950. The van der Waals surface area contributed by atoms with Gasteiger partial charge in [-0.05, 0) is 120 Å². The van der Waals surface area contributed by atoms with Gasteiger partial charge in [-0.2, -0.15) is 5.06 Å². The van der Waals surface area contributed by atoms with Crippen LogP contribution in [0.5, 0.6) is 0 Å². The summed E-state index contributed by atoms with van der Waals surface area (Å²) in [7, 11) is 6.06. The van der Waals surface area contributed by atoms with Crippen molar-refractivity contribution in [3.8, 4) is 0 Å². The van der Waals surface area contributed by atoms with Gasteiger partial charge in [0.1, 0.15) is 12.1 Å². The van der Waals surface area contributed by atoms with E-state index in [2.05, 4.69) is 50.4 Å². The molecule has 0 aromatic heterocycles. The number of carbonyl (C=O) groups excluding carboxylic acids is 2. The highest BCUT2D eigenvalue weighted by Gasteiger charge is 2.58. The molecule has 2 heterocycles. The van der Waals surface area contributed by atoms with Gasteiger partial charge < -0.3 is 35.2 Å². The normalized spacial score (nSPS) is 43.1. The number of amides is 2. The molecule has 11 heteroatoms. The number of hydrogen-bond acceptors (Lipinski definition) is 9. The Morgan fingerprint density at radius 3 is 2.47 bits per heavy atom. The predicted octanol–water partition coefficient (Wildman–Crippen LogP) is 3.61. The molecule has 0 aromatic carbocycles. The van der Waals surface area contributed by atoms with E-state index in [-0.39, 0.29) is 54.4 Å². The molecule has 51 heavy (non-hydrogen) atoms. The predicted molar refractivity (Wildman–Crippen MR) is 195 cm³/mol. The van der Waals surface area contributed by atoms with Gasteiger partial charge in [-0.3, -0.25) is 14.4 Å². The van der Waals surface area contributed by atoms with Crippen LogP contribution in [0.15, 0.2) is 0 Å². The molecule has 0 spiro atoms. The van der Waals surface area contributed by atoms with E-state index >= 15 is 0 Å². The van der Waals surface area contributed by atoms with Crippen LogP contribution in [0.25, 0.3) is 0 Å². The SMILES string of the molecule is COC1C(CN2O[C@@H](CO)[C@@H]([C@H](C)O)[C@H]2C(=O)N[C@H]2C[C@H]3C[C@@H]([C@@H]2C)C3(C)C)CCCC1C1CC(C(=O)NCCC2CCCO2)CC(N(C)C)C1. The molecule has 0 aromatic rings. The molecule has 2 aliphatic heterocycles. The average molecular weight is 719 g/mol. The Kier molecular flexibility index (Phi) is 12.8. The Morgan fingerprint density at radius 1 is 1.06 bits per heavy atom. The molecule has 292 valence electrons. The average Bonchev–Trinajstić information content (AvgIpc) is 3.76. The zero-order valence-corrected chi connectivity index (χ0v) is 32.6. The van der Waals surface area contributed by atoms with Crippen LogP contribution < -0.4 is 10.6 Å². The van der Waals surface area contributed by atoms with Gasteiger partial charge in [0.2, 0.25) is 11.8 Å². The lowest BCUT2D eigenvalue weighted by Crippen LogP contribution is -2.62. The van der Waals surface area contributed by atoms with Crippen molar-refractivity contribution in [3.05, 3.63) is 0 Å². The second kappa shape index (κ2) is 16.6. The van der Waals surface area contributed by atoms with Crippen molar-refractivity contribution in [3.63, 3.8) is 0 Å². The topological polar surface area (TPSA) is 133 Å². The summed E-state index contributed by atoms with van der Waals surface area (Å²) in [5.41, 5.74) is 0.319. The summed E-state index contributed by atoms with van der Waals surface area (Å²) in [6.07, 6.45) is 9.80. The molecular weight excluding hydrogens is 648 g/mol. The number of aliphatic hydroxyl groups excluding tert-OH is 2. The molecule has 7 unspecified atom stereocenters. The van der Waals surface area contributed by atoms with Crippen molar-refractivity contribution in [2.75, 3.05) is 47.5 Å². The quantitative estimate of drug-likeness (QED) is 0.226. The lowest BCUT2D eigenvalue weighted by Gasteiger charge is -2.62.